The van der Waals surface area contributed by atoms with Crippen LogP contribution in [0.3, 0.4) is 0 Å². The lowest BCUT2D eigenvalue weighted by molar-refractivity contribution is -0.146. The first-order chi connectivity index (χ1) is 13.1. The van der Waals surface area contributed by atoms with Gasteiger partial charge >= 0.3 is 0 Å². The fourth-order valence-corrected chi connectivity index (χ4v) is 5.89. The number of hydrogen-bond acceptors (Lipinski definition) is 5. The molecule has 0 unspecified atom stereocenters. The summed E-state index contributed by atoms with van der Waals surface area (Å²) in [6.07, 6.45) is 8.65. The molecule has 6 nitrogen and oxygen atoms in total. The minimum atomic E-state index is -0.201. The standard InChI is InChI=1S/C21H28N2O4/c1-25-17-5-4-16(18(26-2)19(17)27-3)12-22-23-20(24)21-9-13-6-14(10-21)8-15(7-13)11-21/h4-5,12-15H,6-11H2,1-3H3,(H,23,24)/b22-12+. The van der Waals surface area contributed by atoms with Crippen molar-refractivity contribution in [3.05, 3.63) is 17.7 Å². The summed E-state index contributed by atoms with van der Waals surface area (Å²) in [7, 11) is 4.72. The maximum Gasteiger partial charge on any atom is 0.246 e. The summed E-state index contributed by atoms with van der Waals surface area (Å²) in [4.78, 5) is 13.0. The van der Waals surface area contributed by atoms with Crippen molar-refractivity contribution in [1.29, 1.82) is 0 Å². The van der Waals surface area contributed by atoms with Crippen molar-refractivity contribution in [2.45, 2.75) is 38.5 Å². The van der Waals surface area contributed by atoms with Crippen LogP contribution in [0.2, 0.25) is 0 Å². The first kappa shape index (κ1) is 18.1. The van der Waals surface area contributed by atoms with Crippen LogP contribution < -0.4 is 19.6 Å². The Labute approximate surface area is 160 Å². The monoisotopic (exact) mass is 372 g/mol. The highest BCUT2D eigenvalue weighted by Gasteiger charge is 2.54. The fourth-order valence-electron chi connectivity index (χ4n) is 5.89. The van der Waals surface area contributed by atoms with Crippen LogP contribution in [0.15, 0.2) is 17.2 Å². The Bertz CT molecular complexity index is 724. The fraction of sp³-hybridized carbons (Fsp3) is 0.619. The lowest BCUT2D eigenvalue weighted by atomic mass is 9.49. The van der Waals surface area contributed by atoms with E-state index in [2.05, 4.69) is 10.5 Å². The second-order valence-electron chi connectivity index (χ2n) is 8.32. The third-order valence-electron chi connectivity index (χ3n) is 6.62. The van der Waals surface area contributed by atoms with Gasteiger partial charge in [-0.25, -0.2) is 5.43 Å². The Hall–Kier alpha value is -2.24. The summed E-state index contributed by atoms with van der Waals surface area (Å²) in [6.45, 7) is 0. The number of hydrazone groups is 1. The smallest absolute Gasteiger partial charge is 0.246 e. The van der Waals surface area contributed by atoms with E-state index >= 15 is 0 Å². The highest BCUT2D eigenvalue weighted by molar-refractivity contribution is 5.88. The topological polar surface area (TPSA) is 69.2 Å². The predicted molar refractivity (Wildman–Crippen MR) is 102 cm³/mol. The first-order valence-corrected chi connectivity index (χ1v) is 9.71. The number of nitrogens with one attached hydrogen (secondary N) is 1. The average molecular weight is 372 g/mol. The van der Waals surface area contributed by atoms with E-state index in [9.17, 15) is 4.79 Å². The molecular formula is C21H28N2O4. The largest absolute Gasteiger partial charge is 0.493 e. The molecule has 4 saturated carbocycles. The highest BCUT2D eigenvalue weighted by atomic mass is 16.5. The van der Waals surface area contributed by atoms with Gasteiger partial charge in [-0.2, -0.15) is 5.10 Å². The molecule has 0 heterocycles. The number of nitrogens with zero attached hydrogens (tertiary/aromatic N) is 1. The zero-order valence-electron chi connectivity index (χ0n) is 16.3. The number of carbonyl (C=O) groups is 1. The van der Waals surface area contributed by atoms with Crippen LogP contribution in [-0.2, 0) is 4.79 Å². The Morgan fingerprint density at radius 2 is 1.59 bits per heavy atom. The van der Waals surface area contributed by atoms with Gasteiger partial charge < -0.3 is 14.2 Å². The lowest BCUT2D eigenvalue weighted by Gasteiger charge is -2.55. The summed E-state index contributed by atoms with van der Waals surface area (Å²) < 4.78 is 16.1. The molecule has 1 aromatic carbocycles. The lowest BCUT2D eigenvalue weighted by Crippen LogP contribution is -2.52. The van der Waals surface area contributed by atoms with E-state index < -0.39 is 0 Å². The van der Waals surface area contributed by atoms with Crippen LogP contribution in [0.25, 0.3) is 0 Å². The molecule has 146 valence electrons. The molecule has 4 fully saturated rings. The Morgan fingerprint density at radius 3 is 2.11 bits per heavy atom. The van der Waals surface area contributed by atoms with E-state index in [-0.39, 0.29) is 11.3 Å². The molecule has 0 radical (unpaired) electrons. The second kappa shape index (κ2) is 7.06. The van der Waals surface area contributed by atoms with Gasteiger partial charge in [-0.1, -0.05) is 0 Å². The molecular weight excluding hydrogens is 344 g/mol. The molecule has 0 spiro atoms. The Balaban J connectivity index is 1.49. The van der Waals surface area contributed by atoms with Gasteiger partial charge in [0.05, 0.1) is 33.0 Å². The molecule has 4 aliphatic carbocycles. The summed E-state index contributed by atoms with van der Waals surface area (Å²) in [6, 6.07) is 3.63. The quantitative estimate of drug-likeness (QED) is 0.614. The molecule has 1 N–H and O–H groups in total. The van der Waals surface area contributed by atoms with Gasteiger partial charge in [-0.3, -0.25) is 4.79 Å². The van der Waals surface area contributed by atoms with Crippen LogP contribution in [0.1, 0.15) is 44.1 Å². The normalized spacial score (nSPS) is 31.1. The molecule has 6 heteroatoms. The van der Waals surface area contributed by atoms with Gasteiger partial charge in [0.1, 0.15) is 0 Å². The van der Waals surface area contributed by atoms with Crippen molar-refractivity contribution in [2.24, 2.45) is 28.3 Å². The molecule has 27 heavy (non-hydrogen) atoms. The summed E-state index contributed by atoms with van der Waals surface area (Å²) in [5.41, 5.74) is 3.33. The van der Waals surface area contributed by atoms with Gasteiger partial charge in [0.2, 0.25) is 11.7 Å². The highest BCUT2D eigenvalue weighted by Crippen LogP contribution is 2.60. The molecule has 0 atom stereocenters. The van der Waals surface area contributed by atoms with Crippen molar-refractivity contribution < 1.29 is 19.0 Å². The maximum absolute atomic E-state index is 13.0. The molecule has 1 amide bonds. The van der Waals surface area contributed by atoms with Gasteiger partial charge in [0, 0.05) is 5.56 Å². The van der Waals surface area contributed by atoms with Gasteiger partial charge in [-0.05, 0) is 68.4 Å². The predicted octanol–water partition coefficient (Wildman–Crippen LogP) is 3.38. The molecule has 1 aromatic rings. The number of amides is 1. The Morgan fingerprint density at radius 1 is 1.00 bits per heavy atom. The van der Waals surface area contributed by atoms with Crippen LogP contribution >= 0.6 is 0 Å². The SMILES string of the molecule is COc1ccc(/C=N/NC(=O)C23CC4CC(CC(C4)C2)C3)c(OC)c1OC. The summed E-state index contributed by atoms with van der Waals surface area (Å²) in [5.74, 6) is 3.91. The van der Waals surface area contributed by atoms with Crippen molar-refractivity contribution in [2.75, 3.05) is 21.3 Å². The Kier molecular flexibility index (Phi) is 4.74. The van der Waals surface area contributed by atoms with Crippen molar-refractivity contribution in [1.82, 2.24) is 5.43 Å². The van der Waals surface area contributed by atoms with Crippen LogP contribution in [0.5, 0.6) is 17.2 Å². The molecule has 4 bridgehead atoms. The molecule has 4 aliphatic rings. The minimum Gasteiger partial charge on any atom is -0.493 e. The maximum atomic E-state index is 13.0. The van der Waals surface area contributed by atoms with E-state index in [4.69, 9.17) is 14.2 Å². The molecule has 0 aromatic heterocycles. The van der Waals surface area contributed by atoms with E-state index in [0.29, 0.717) is 17.2 Å². The number of benzene rings is 1. The van der Waals surface area contributed by atoms with E-state index in [0.717, 1.165) is 42.6 Å². The van der Waals surface area contributed by atoms with Crippen LogP contribution in [0.4, 0.5) is 0 Å². The number of ether oxygens (including phenoxy) is 3. The number of methoxy groups -OCH3 is 3. The third-order valence-corrected chi connectivity index (χ3v) is 6.62. The number of rotatable bonds is 6. The second-order valence-corrected chi connectivity index (χ2v) is 8.32. The van der Waals surface area contributed by atoms with Gasteiger partial charge in [-0.15, -0.1) is 0 Å². The zero-order chi connectivity index (χ0) is 19.0. The van der Waals surface area contributed by atoms with Crippen LogP contribution in [0, 0.1) is 23.2 Å². The van der Waals surface area contributed by atoms with Gasteiger partial charge in [0.25, 0.3) is 0 Å². The van der Waals surface area contributed by atoms with Crippen molar-refractivity contribution in [3.63, 3.8) is 0 Å². The number of hydrogen-bond donors (Lipinski definition) is 1. The van der Waals surface area contributed by atoms with E-state index in [1.807, 2.05) is 6.07 Å². The molecule has 0 aliphatic heterocycles. The van der Waals surface area contributed by atoms with Crippen molar-refractivity contribution in [3.8, 4) is 17.2 Å². The van der Waals surface area contributed by atoms with Crippen molar-refractivity contribution >= 4 is 12.1 Å². The van der Waals surface area contributed by atoms with Gasteiger partial charge in [0.15, 0.2) is 11.5 Å². The minimum absolute atomic E-state index is 0.0808. The number of carbonyl (C=O) groups excluding carboxylic acids is 1. The zero-order valence-corrected chi connectivity index (χ0v) is 16.3. The molecule has 0 saturated heterocycles. The summed E-state index contributed by atoms with van der Waals surface area (Å²) in [5, 5.41) is 4.24. The van der Waals surface area contributed by atoms with E-state index in [1.54, 1.807) is 33.6 Å². The average Bonchev–Trinajstić information content (AvgIpc) is 2.66. The van der Waals surface area contributed by atoms with E-state index in [1.165, 1.54) is 19.3 Å². The van der Waals surface area contributed by atoms with Crippen LogP contribution in [-0.4, -0.2) is 33.5 Å². The summed E-state index contributed by atoms with van der Waals surface area (Å²) >= 11 is 0. The first-order valence-electron chi connectivity index (χ1n) is 9.71. The molecule has 5 rings (SSSR count). The third kappa shape index (κ3) is 3.15.